The molecule has 2 heterocycles. The number of hydrogen-bond acceptors (Lipinski definition) is 2. The van der Waals surface area contributed by atoms with E-state index in [2.05, 4.69) is 10.1 Å². The third-order valence-electron chi connectivity index (χ3n) is 2.23. The summed E-state index contributed by atoms with van der Waals surface area (Å²) in [5, 5.41) is 3.99. The van der Waals surface area contributed by atoms with Gasteiger partial charge in [-0.1, -0.05) is 24.9 Å². The zero-order valence-corrected chi connectivity index (χ0v) is 9.68. The largest absolute Gasteiger partial charge is 0.433 e. The maximum absolute atomic E-state index is 12.5. The molecule has 2 rings (SSSR count). The van der Waals surface area contributed by atoms with Crippen molar-refractivity contribution < 1.29 is 13.2 Å². The molecule has 7 heteroatoms. The van der Waals surface area contributed by atoms with Crippen molar-refractivity contribution in [3.63, 3.8) is 0 Å². The van der Waals surface area contributed by atoms with Crippen LogP contribution < -0.4 is 0 Å². The van der Waals surface area contributed by atoms with Crippen LogP contribution in [-0.2, 0) is 12.6 Å². The second-order valence-corrected chi connectivity index (χ2v) is 4.00. The molecule has 0 N–H and O–H groups in total. The van der Waals surface area contributed by atoms with Gasteiger partial charge in [0, 0.05) is 12.1 Å². The Balaban J connectivity index is 2.57. The van der Waals surface area contributed by atoms with Crippen molar-refractivity contribution >= 4 is 17.2 Å². The highest BCUT2D eigenvalue weighted by molar-refractivity contribution is 6.29. The molecule has 0 bridgehead atoms. The van der Waals surface area contributed by atoms with Crippen molar-refractivity contribution in [3.8, 4) is 0 Å². The van der Waals surface area contributed by atoms with Gasteiger partial charge in [0.15, 0.2) is 5.65 Å². The average molecular weight is 264 g/mol. The summed E-state index contributed by atoms with van der Waals surface area (Å²) in [5.74, 6) is 0. The van der Waals surface area contributed by atoms with Gasteiger partial charge in [0.2, 0.25) is 0 Å². The number of rotatable bonds is 2. The molecule has 0 saturated heterocycles. The van der Waals surface area contributed by atoms with Crippen LogP contribution in [0.4, 0.5) is 13.2 Å². The van der Waals surface area contributed by atoms with Gasteiger partial charge in [-0.25, -0.2) is 9.50 Å². The van der Waals surface area contributed by atoms with Crippen LogP contribution in [-0.4, -0.2) is 14.6 Å². The van der Waals surface area contributed by atoms with Gasteiger partial charge >= 0.3 is 6.18 Å². The zero-order valence-electron chi connectivity index (χ0n) is 8.92. The van der Waals surface area contributed by atoms with Crippen molar-refractivity contribution in [1.29, 1.82) is 0 Å². The molecule has 0 amide bonds. The number of hydrogen-bond donors (Lipinski definition) is 0. The summed E-state index contributed by atoms with van der Waals surface area (Å²) in [4.78, 5) is 3.50. The molecule has 0 unspecified atom stereocenters. The van der Waals surface area contributed by atoms with Gasteiger partial charge in [0.1, 0.15) is 10.8 Å². The van der Waals surface area contributed by atoms with Crippen LogP contribution in [0.25, 0.3) is 5.65 Å². The number of fused-ring (bicyclic) bond motifs is 1. The first-order valence-electron chi connectivity index (χ1n) is 5.04. The Kier molecular flexibility index (Phi) is 2.99. The van der Waals surface area contributed by atoms with E-state index in [4.69, 9.17) is 11.6 Å². The molecule has 0 spiro atoms. The van der Waals surface area contributed by atoms with Crippen molar-refractivity contribution in [2.24, 2.45) is 0 Å². The molecule has 2 aromatic heterocycles. The summed E-state index contributed by atoms with van der Waals surface area (Å²) in [6, 6.07) is 2.29. The lowest BCUT2D eigenvalue weighted by molar-refractivity contribution is -0.141. The summed E-state index contributed by atoms with van der Waals surface area (Å²) in [5.41, 5.74) is -0.201. The van der Waals surface area contributed by atoms with E-state index in [0.717, 1.165) is 12.5 Å². The van der Waals surface area contributed by atoms with E-state index in [1.165, 1.54) is 10.6 Å². The lowest BCUT2D eigenvalue weighted by Crippen LogP contribution is -2.09. The smallest absolute Gasteiger partial charge is 0.224 e. The maximum Gasteiger partial charge on any atom is 0.433 e. The van der Waals surface area contributed by atoms with Gasteiger partial charge in [0.25, 0.3) is 0 Å². The second-order valence-electron chi connectivity index (χ2n) is 3.62. The van der Waals surface area contributed by atoms with Crippen LogP contribution in [0.5, 0.6) is 0 Å². The highest BCUT2D eigenvalue weighted by Crippen LogP contribution is 2.29. The molecule has 0 radical (unpaired) electrons. The molecular weight excluding hydrogens is 255 g/mol. The van der Waals surface area contributed by atoms with E-state index in [0.29, 0.717) is 12.1 Å². The summed E-state index contributed by atoms with van der Waals surface area (Å²) >= 11 is 5.74. The lowest BCUT2D eigenvalue weighted by Gasteiger charge is -2.06. The Morgan fingerprint density at radius 1 is 1.35 bits per heavy atom. The number of aromatic nitrogens is 3. The van der Waals surface area contributed by atoms with Crippen molar-refractivity contribution in [2.75, 3.05) is 0 Å². The van der Waals surface area contributed by atoms with E-state index < -0.39 is 11.9 Å². The van der Waals surface area contributed by atoms with Crippen molar-refractivity contribution in [3.05, 3.63) is 28.7 Å². The lowest BCUT2D eigenvalue weighted by atomic mass is 10.2. The molecule has 0 aromatic carbocycles. The third-order valence-corrected chi connectivity index (χ3v) is 2.50. The Hall–Kier alpha value is -1.30. The van der Waals surface area contributed by atoms with Gasteiger partial charge in [-0.05, 0) is 6.42 Å². The SMILES string of the molecule is CCCc1cc2nc(C(F)(F)F)cc(Cl)n2n1. The van der Waals surface area contributed by atoms with Crippen LogP contribution in [0, 0.1) is 0 Å². The maximum atomic E-state index is 12.5. The van der Waals surface area contributed by atoms with Crippen LogP contribution in [0.1, 0.15) is 24.7 Å². The average Bonchev–Trinajstić information content (AvgIpc) is 2.60. The minimum absolute atomic E-state index is 0.0929. The highest BCUT2D eigenvalue weighted by Gasteiger charge is 2.33. The van der Waals surface area contributed by atoms with Gasteiger partial charge in [-0.3, -0.25) is 0 Å². The summed E-state index contributed by atoms with van der Waals surface area (Å²) in [7, 11) is 0. The molecule has 0 fully saturated rings. The van der Waals surface area contributed by atoms with E-state index >= 15 is 0 Å². The number of nitrogens with zero attached hydrogens (tertiary/aromatic N) is 3. The van der Waals surface area contributed by atoms with E-state index in [1.54, 1.807) is 0 Å². The Morgan fingerprint density at radius 2 is 2.06 bits per heavy atom. The Morgan fingerprint density at radius 3 is 2.65 bits per heavy atom. The molecule has 0 aliphatic rings. The van der Waals surface area contributed by atoms with Gasteiger partial charge in [0.05, 0.1) is 5.69 Å². The van der Waals surface area contributed by atoms with Gasteiger partial charge in [-0.15, -0.1) is 0 Å². The normalized spacial score (nSPS) is 12.3. The Labute approximate surface area is 100 Å². The first-order chi connectivity index (χ1) is 7.91. The zero-order chi connectivity index (χ0) is 12.6. The molecule has 0 atom stereocenters. The van der Waals surface area contributed by atoms with Crippen molar-refractivity contribution in [2.45, 2.75) is 25.9 Å². The fourth-order valence-electron chi connectivity index (χ4n) is 1.51. The first kappa shape index (κ1) is 12.2. The Bertz CT molecular complexity index is 547. The fraction of sp³-hybridized carbons (Fsp3) is 0.400. The van der Waals surface area contributed by atoms with Crippen LogP contribution >= 0.6 is 11.6 Å². The van der Waals surface area contributed by atoms with E-state index in [1.807, 2.05) is 6.92 Å². The monoisotopic (exact) mass is 263 g/mol. The van der Waals surface area contributed by atoms with E-state index in [9.17, 15) is 13.2 Å². The molecule has 0 aliphatic carbocycles. The topological polar surface area (TPSA) is 30.2 Å². The number of alkyl halides is 3. The summed E-state index contributed by atoms with van der Waals surface area (Å²) in [6.07, 6.45) is -2.96. The van der Waals surface area contributed by atoms with E-state index in [-0.39, 0.29) is 10.8 Å². The molecule has 2 aromatic rings. The third kappa shape index (κ3) is 2.36. The minimum atomic E-state index is -4.50. The summed E-state index contributed by atoms with van der Waals surface area (Å²) < 4.78 is 38.7. The standard InChI is InChI=1S/C10H9ClF3N3/c1-2-3-6-4-9-15-7(10(12,13)14)5-8(11)17(9)16-6/h4-5H,2-3H2,1H3. The van der Waals surface area contributed by atoms with Crippen molar-refractivity contribution in [1.82, 2.24) is 14.6 Å². The van der Waals surface area contributed by atoms with Gasteiger partial charge < -0.3 is 0 Å². The molecule has 17 heavy (non-hydrogen) atoms. The van der Waals surface area contributed by atoms with Crippen LogP contribution in [0.2, 0.25) is 5.15 Å². The first-order valence-corrected chi connectivity index (χ1v) is 5.42. The molecule has 3 nitrogen and oxygen atoms in total. The molecule has 0 saturated carbocycles. The predicted molar refractivity (Wildman–Crippen MR) is 57.0 cm³/mol. The fourth-order valence-corrected chi connectivity index (χ4v) is 1.74. The van der Waals surface area contributed by atoms with Gasteiger partial charge in [-0.2, -0.15) is 18.3 Å². The highest BCUT2D eigenvalue weighted by atomic mass is 35.5. The molecule has 0 aliphatic heterocycles. The number of aryl methyl sites for hydroxylation is 1. The predicted octanol–water partition coefficient (Wildman–Crippen LogP) is 3.35. The van der Waals surface area contributed by atoms with Crippen LogP contribution in [0.15, 0.2) is 12.1 Å². The minimum Gasteiger partial charge on any atom is -0.224 e. The van der Waals surface area contributed by atoms with Crippen LogP contribution in [0.3, 0.4) is 0 Å². The number of halogens is 4. The molecular formula is C10H9ClF3N3. The quantitative estimate of drug-likeness (QED) is 0.778. The molecule has 92 valence electrons. The second kappa shape index (κ2) is 4.18. The summed E-state index contributed by atoms with van der Waals surface area (Å²) in [6.45, 7) is 1.96.